The van der Waals surface area contributed by atoms with E-state index in [2.05, 4.69) is 27.9 Å². The molecular formula is C18H18N4OS2. The van der Waals surface area contributed by atoms with Gasteiger partial charge in [-0.3, -0.25) is 9.78 Å². The fourth-order valence-electron chi connectivity index (χ4n) is 3.23. The van der Waals surface area contributed by atoms with Crippen molar-refractivity contribution in [1.82, 2.24) is 19.9 Å². The molecule has 1 aliphatic heterocycles. The molecule has 0 aromatic carbocycles. The van der Waals surface area contributed by atoms with Crippen molar-refractivity contribution >= 4 is 39.2 Å². The monoisotopic (exact) mass is 370 g/mol. The van der Waals surface area contributed by atoms with Gasteiger partial charge in [0, 0.05) is 23.0 Å². The topological polar surface area (TPSA) is 59.0 Å². The van der Waals surface area contributed by atoms with Crippen LogP contribution in [-0.2, 0) is 4.79 Å². The Hall–Kier alpha value is -1.99. The van der Waals surface area contributed by atoms with Crippen LogP contribution in [0.4, 0.5) is 0 Å². The van der Waals surface area contributed by atoms with Crippen molar-refractivity contribution in [3.63, 3.8) is 0 Å². The molecule has 7 heteroatoms. The number of aryl methyl sites for hydroxylation is 1. The summed E-state index contributed by atoms with van der Waals surface area (Å²) in [6.45, 7) is 2.87. The summed E-state index contributed by atoms with van der Waals surface area (Å²) in [4.78, 5) is 30.0. The summed E-state index contributed by atoms with van der Waals surface area (Å²) < 4.78 is 0. The van der Waals surface area contributed by atoms with Crippen LogP contribution >= 0.6 is 23.1 Å². The predicted octanol–water partition coefficient (Wildman–Crippen LogP) is 3.85. The van der Waals surface area contributed by atoms with Gasteiger partial charge in [-0.05, 0) is 38.0 Å². The highest BCUT2D eigenvalue weighted by Crippen LogP contribution is 2.33. The number of nitrogens with zero attached hydrogens (tertiary/aromatic N) is 4. The first-order valence-electron chi connectivity index (χ1n) is 8.27. The lowest BCUT2D eigenvalue weighted by atomic mass is 10.1. The minimum absolute atomic E-state index is 0.100. The Morgan fingerprint density at radius 1 is 1.36 bits per heavy atom. The largest absolute Gasteiger partial charge is 0.333 e. The average molecular weight is 371 g/mol. The molecule has 0 spiro atoms. The molecule has 128 valence electrons. The maximum atomic E-state index is 12.8. The van der Waals surface area contributed by atoms with E-state index in [1.54, 1.807) is 23.9 Å². The van der Waals surface area contributed by atoms with Crippen molar-refractivity contribution in [3.05, 3.63) is 47.4 Å². The first-order valence-corrected chi connectivity index (χ1v) is 10.1. The summed E-state index contributed by atoms with van der Waals surface area (Å²) in [6, 6.07) is 8.09. The van der Waals surface area contributed by atoms with Crippen LogP contribution in [0.1, 0.15) is 29.5 Å². The number of thioether (sulfide) groups is 1. The SMILES string of the molecule is Cc1cc2c(SCC(=O)N3CCC[C@@H]3c3ccccn3)ncnc2s1. The van der Waals surface area contributed by atoms with Crippen LogP contribution in [0.3, 0.4) is 0 Å². The molecule has 0 radical (unpaired) electrons. The fourth-order valence-corrected chi connectivity index (χ4v) is 5.00. The minimum Gasteiger partial charge on any atom is -0.333 e. The maximum absolute atomic E-state index is 12.8. The Bertz CT molecular complexity index is 896. The second-order valence-corrected chi connectivity index (χ2v) is 8.24. The Morgan fingerprint density at radius 2 is 2.28 bits per heavy atom. The molecule has 1 aliphatic rings. The van der Waals surface area contributed by atoms with Crippen molar-refractivity contribution in [1.29, 1.82) is 0 Å². The van der Waals surface area contributed by atoms with E-state index in [1.807, 2.05) is 23.1 Å². The number of fused-ring (bicyclic) bond motifs is 1. The molecule has 4 heterocycles. The predicted molar refractivity (Wildman–Crippen MR) is 101 cm³/mol. The third kappa shape index (κ3) is 3.39. The second-order valence-electron chi connectivity index (χ2n) is 6.04. The molecule has 5 nitrogen and oxygen atoms in total. The van der Waals surface area contributed by atoms with E-state index in [0.717, 1.165) is 40.3 Å². The summed E-state index contributed by atoms with van der Waals surface area (Å²) in [6.07, 6.45) is 5.38. The number of aromatic nitrogens is 3. The molecule has 3 aromatic rings. The highest BCUT2D eigenvalue weighted by atomic mass is 32.2. The quantitative estimate of drug-likeness (QED) is 0.516. The number of amides is 1. The third-order valence-electron chi connectivity index (χ3n) is 4.35. The van der Waals surface area contributed by atoms with Crippen LogP contribution in [0.15, 0.2) is 41.8 Å². The van der Waals surface area contributed by atoms with Gasteiger partial charge >= 0.3 is 0 Å². The number of likely N-dealkylation sites (tertiary alicyclic amines) is 1. The van der Waals surface area contributed by atoms with Gasteiger partial charge in [0.2, 0.25) is 5.91 Å². The summed E-state index contributed by atoms with van der Waals surface area (Å²) in [7, 11) is 0. The van der Waals surface area contributed by atoms with Crippen LogP contribution in [0.25, 0.3) is 10.2 Å². The molecule has 1 atom stereocenters. The molecule has 4 rings (SSSR count). The summed E-state index contributed by atoms with van der Waals surface area (Å²) in [5.74, 6) is 0.543. The van der Waals surface area contributed by atoms with Gasteiger partial charge in [-0.2, -0.15) is 0 Å². The first kappa shape index (κ1) is 16.5. The van der Waals surface area contributed by atoms with Crippen molar-refractivity contribution in [2.24, 2.45) is 0 Å². The number of hydrogen-bond donors (Lipinski definition) is 0. The fraction of sp³-hybridized carbons (Fsp3) is 0.333. The number of rotatable bonds is 4. The smallest absolute Gasteiger partial charge is 0.233 e. The molecule has 1 fully saturated rings. The van der Waals surface area contributed by atoms with Crippen molar-refractivity contribution in [2.75, 3.05) is 12.3 Å². The van der Waals surface area contributed by atoms with E-state index in [9.17, 15) is 4.79 Å². The summed E-state index contributed by atoms with van der Waals surface area (Å²) in [5, 5.41) is 1.93. The maximum Gasteiger partial charge on any atom is 0.233 e. The lowest BCUT2D eigenvalue weighted by Crippen LogP contribution is -2.32. The number of hydrogen-bond acceptors (Lipinski definition) is 6. The third-order valence-corrected chi connectivity index (χ3v) is 6.30. The van der Waals surface area contributed by atoms with E-state index in [4.69, 9.17) is 0 Å². The number of thiophene rings is 1. The normalized spacial score (nSPS) is 17.3. The van der Waals surface area contributed by atoms with E-state index in [-0.39, 0.29) is 11.9 Å². The Morgan fingerprint density at radius 3 is 3.12 bits per heavy atom. The van der Waals surface area contributed by atoms with E-state index < -0.39 is 0 Å². The zero-order valence-corrected chi connectivity index (χ0v) is 15.5. The lowest BCUT2D eigenvalue weighted by Gasteiger charge is -2.24. The first-order chi connectivity index (χ1) is 12.2. The highest BCUT2D eigenvalue weighted by molar-refractivity contribution is 8.00. The number of pyridine rings is 1. The Kier molecular flexibility index (Phi) is 4.67. The van der Waals surface area contributed by atoms with Gasteiger partial charge in [0.15, 0.2) is 0 Å². The number of carbonyl (C=O) groups is 1. The minimum atomic E-state index is 0.100. The van der Waals surface area contributed by atoms with Gasteiger partial charge in [0.25, 0.3) is 0 Å². The molecule has 0 saturated carbocycles. The molecule has 0 N–H and O–H groups in total. The van der Waals surface area contributed by atoms with Crippen LogP contribution in [0, 0.1) is 6.92 Å². The molecule has 0 aliphatic carbocycles. The van der Waals surface area contributed by atoms with E-state index in [1.165, 1.54) is 16.6 Å². The lowest BCUT2D eigenvalue weighted by molar-refractivity contribution is -0.129. The van der Waals surface area contributed by atoms with Gasteiger partial charge < -0.3 is 4.90 Å². The van der Waals surface area contributed by atoms with E-state index in [0.29, 0.717) is 5.75 Å². The van der Waals surface area contributed by atoms with Gasteiger partial charge in [0.05, 0.1) is 17.5 Å². The van der Waals surface area contributed by atoms with Crippen molar-refractivity contribution in [2.45, 2.75) is 30.8 Å². The van der Waals surface area contributed by atoms with Gasteiger partial charge in [-0.25, -0.2) is 9.97 Å². The van der Waals surface area contributed by atoms with Crippen LogP contribution in [-0.4, -0.2) is 38.1 Å². The second kappa shape index (κ2) is 7.09. The average Bonchev–Trinajstić information content (AvgIpc) is 3.26. The zero-order valence-electron chi connectivity index (χ0n) is 13.9. The molecule has 0 unspecified atom stereocenters. The van der Waals surface area contributed by atoms with E-state index >= 15 is 0 Å². The molecule has 0 bridgehead atoms. The van der Waals surface area contributed by atoms with Crippen LogP contribution < -0.4 is 0 Å². The highest BCUT2D eigenvalue weighted by Gasteiger charge is 2.30. The zero-order chi connectivity index (χ0) is 17.2. The Labute approximate surface area is 154 Å². The van der Waals surface area contributed by atoms with Gasteiger partial charge in [-0.15, -0.1) is 11.3 Å². The molecular weight excluding hydrogens is 352 g/mol. The molecule has 1 amide bonds. The van der Waals surface area contributed by atoms with Crippen LogP contribution in [0.5, 0.6) is 0 Å². The summed E-state index contributed by atoms with van der Waals surface area (Å²) >= 11 is 3.15. The standard InChI is InChI=1S/C18H18N4OS2/c1-12-9-13-17(20-11-21-18(13)25-12)24-10-16(23)22-8-4-6-15(22)14-5-2-3-7-19-14/h2-3,5,7,9,11,15H,4,6,8,10H2,1H3/t15-/m1/s1. The van der Waals surface area contributed by atoms with Crippen molar-refractivity contribution < 1.29 is 4.79 Å². The van der Waals surface area contributed by atoms with Gasteiger partial charge in [0.1, 0.15) is 16.2 Å². The Balaban J connectivity index is 1.48. The summed E-state index contributed by atoms with van der Waals surface area (Å²) in [5.41, 5.74) is 0.983. The molecule has 25 heavy (non-hydrogen) atoms. The number of carbonyl (C=O) groups excluding carboxylic acids is 1. The van der Waals surface area contributed by atoms with Gasteiger partial charge in [-0.1, -0.05) is 17.8 Å². The molecule has 3 aromatic heterocycles. The van der Waals surface area contributed by atoms with Crippen molar-refractivity contribution in [3.8, 4) is 0 Å². The molecule has 1 saturated heterocycles. The van der Waals surface area contributed by atoms with Crippen LogP contribution in [0.2, 0.25) is 0 Å².